The van der Waals surface area contributed by atoms with Crippen molar-refractivity contribution in [1.82, 2.24) is 5.32 Å². The Morgan fingerprint density at radius 1 is 1.09 bits per heavy atom. The number of nitrogens with zero attached hydrogens (tertiary/aromatic N) is 1. The fraction of sp³-hybridized carbons (Fsp3) is 0.435. The van der Waals surface area contributed by atoms with Crippen LogP contribution in [0.15, 0.2) is 30.3 Å². The number of esters is 1. The summed E-state index contributed by atoms with van der Waals surface area (Å²) in [4.78, 5) is 37.0. The van der Waals surface area contributed by atoms with Crippen LogP contribution in [-0.2, 0) is 11.3 Å². The van der Waals surface area contributed by atoms with Crippen LogP contribution in [0.1, 0.15) is 76.6 Å². The quantitative estimate of drug-likeness (QED) is 0.203. The summed E-state index contributed by atoms with van der Waals surface area (Å²) >= 11 is 5.08. The molecule has 2 rings (SSSR count). The number of amides is 2. The largest absolute Gasteiger partial charge is 0.478 e. The van der Waals surface area contributed by atoms with Gasteiger partial charge in [-0.05, 0) is 24.5 Å². The highest BCUT2D eigenvalue weighted by molar-refractivity contribution is 7.83. The van der Waals surface area contributed by atoms with Crippen molar-refractivity contribution in [3.05, 3.63) is 51.9 Å². The lowest BCUT2D eigenvalue weighted by molar-refractivity contribution is 0.0477. The van der Waals surface area contributed by atoms with E-state index in [1.165, 1.54) is 26.2 Å². The number of urea groups is 1. The SMILES string of the molecule is CCCCCCCCNC(=O)N(S)c1sc(C(=O)OCc2ccccc2)c(C)c1C(=O)O. The molecule has 0 bridgehead atoms. The van der Waals surface area contributed by atoms with Crippen LogP contribution < -0.4 is 9.62 Å². The van der Waals surface area contributed by atoms with E-state index in [0.717, 1.165) is 40.5 Å². The Bertz CT molecular complexity index is 915. The Morgan fingerprint density at radius 3 is 2.41 bits per heavy atom. The first kappa shape index (κ1) is 25.7. The number of thiophene rings is 1. The summed E-state index contributed by atoms with van der Waals surface area (Å²) in [6.07, 6.45) is 6.55. The molecule has 0 fully saturated rings. The van der Waals surface area contributed by atoms with E-state index in [1.54, 1.807) is 0 Å². The summed E-state index contributed by atoms with van der Waals surface area (Å²) in [5.41, 5.74) is 0.934. The molecule has 2 amide bonds. The molecule has 0 spiro atoms. The fourth-order valence-corrected chi connectivity index (χ4v) is 4.55. The molecule has 1 aromatic carbocycles. The number of thiol groups is 1. The van der Waals surface area contributed by atoms with E-state index >= 15 is 0 Å². The number of carboxylic acids is 1. The van der Waals surface area contributed by atoms with Gasteiger partial charge in [-0.25, -0.2) is 18.7 Å². The minimum Gasteiger partial charge on any atom is -0.478 e. The van der Waals surface area contributed by atoms with Crippen LogP contribution in [0.5, 0.6) is 0 Å². The van der Waals surface area contributed by atoms with Gasteiger partial charge in [-0.3, -0.25) is 0 Å². The number of unbranched alkanes of at least 4 members (excludes halogenated alkanes) is 5. The standard InChI is InChI=1S/C23H30N2O5S2/c1-3-4-5-6-7-11-14-24-23(29)25(31)20-18(21(26)27)16(2)19(32-20)22(28)30-15-17-12-9-8-10-13-17/h8-10,12-13,31H,3-7,11,14-15H2,1-2H3,(H,24,29)(H,26,27). The molecule has 2 aromatic rings. The molecule has 0 saturated carbocycles. The number of nitrogens with one attached hydrogen (secondary N) is 1. The molecule has 0 atom stereocenters. The lowest BCUT2D eigenvalue weighted by Crippen LogP contribution is -2.34. The Balaban J connectivity index is 2.02. The van der Waals surface area contributed by atoms with Crippen molar-refractivity contribution in [2.45, 2.75) is 59.0 Å². The summed E-state index contributed by atoms with van der Waals surface area (Å²) in [5, 5.41) is 12.5. The third kappa shape index (κ3) is 7.27. The number of carboxylic acid groups (broad SMARTS) is 1. The second-order valence-electron chi connectivity index (χ2n) is 7.41. The van der Waals surface area contributed by atoms with Gasteiger partial charge in [-0.2, -0.15) is 0 Å². The van der Waals surface area contributed by atoms with Gasteiger partial charge < -0.3 is 15.2 Å². The van der Waals surface area contributed by atoms with Gasteiger partial charge in [0.1, 0.15) is 16.5 Å². The average Bonchev–Trinajstić information content (AvgIpc) is 3.14. The van der Waals surface area contributed by atoms with E-state index in [1.807, 2.05) is 30.3 Å². The Hall–Kier alpha value is -2.52. The summed E-state index contributed by atoms with van der Waals surface area (Å²) in [7, 11) is 0. The van der Waals surface area contributed by atoms with Gasteiger partial charge >= 0.3 is 18.0 Å². The summed E-state index contributed by atoms with van der Waals surface area (Å²) in [6, 6.07) is 8.65. The van der Waals surface area contributed by atoms with Gasteiger partial charge in [0.25, 0.3) is 0 Å². The minimum absolute atomic E-state index is 0.0675. The molecule has 32 heavy (non-hydrogen) atoms. The highest BCUT2D eigenvalue weighted by atomic mass is 32.1. The molecule has 7 nitrogen and oxygen atoms in total. The van der Waals surface area contributed by atoms with Crippen molar-refractivity contribution < 1.29 is 24.2 Å². The van der Waals surface area contributed by atoms with Crippen molar-refractivity contribution in [2.75, 3.05) is 10.8 Å². The molecule has 0 saturated heterocycles. The lowest BCUT2D eigenvalue weighted by atomic mass is 10.1. The second-order valence-corrected chi connectivity index (χ2v) is 8.81. The highest BCUT2D eigenvalue weighted by Crippen LogP contribution is 2.37. The highest BCUT2D eigenvalue weighted by Gasteiger charge is 2.29. The number of carbonyl (C=O) groups excluding carboxylic acids is 2. The first-order valence-electron chi connectivity index (χ1n) is 10.7. The van der Waals surface area contributed by atoms with Crippen LogP contribution in [-0.4, -0.2) is 29.6 Å². The number of benzene rings is 1. The van der Waals surface area contributed by atoms with Crippen LogP contribution >= 0.6 is 24.2 Å². The minimum atomic E-state index is -1.24. The van der Waals surface area contributed by atoms with Crippen molar-refractivity contribution in [2.24, 2.45) is 0 Å². The monoisotopic (exact) mass is 478 g/mol. The maximum Gasteiger partial charge on any atom is 0.349 e. The van der Waals surface area contributed by atoms with Crippen molar-refractivity contribution in [3.8, 4) is 0 Å². The molecule has 0 unspecified atom stereocenters. The smallest absolute Gasteiger partial charge is 0.349 e. The zero-order chi connectivity index (χ0) is 23.5. The molecule has 1 heterocycles. The van der Waals surface area contributed by atoms with Gasteiger partial charge in [0.2, 0.25) is 0 Å². The van der Waals surface area contributed by atoms with E-state index in [0.29, 0.717) is 6.54 Å². The molecule has 0 radical (unpaired) electrons. The molecule has 0 aliphatic carbocycles. The first-order valence-corrected chi connectivity index (χ1v) is 11.9. The Morgan fingerprint density at radius 2 is 1.75 bits per heavy atom. The van der Waals surface area contributed by atoms with E-state index in [9.17, 15) is 19.5 Å². The predicted molar refractivity (Wildman–Crippen MR) is 130 cm³/mol. The maximum absolute atomic E-state index is 12.6. The zero-order valence-electron chi connectivity index (χ0n) is 18.4. The normalized spacial score (nSPS) is 10.6. The van der Waals surface area contributed by atoms with Crippen LogP contribution in [0.2, 0.25) is 0 Å². The number of rotatable bonds is 12. The van der Waals surface area contributed by atoms with E-state index in [4.69, 9.17) is 4.74 Å². The van der Waals surface area contributed by atoms with Crippen LogP contribution in [0, 0.1) is 6.92 Å². The third-order valence-electron chi connectivity index (χ3n) is 4.93. The van der Waals surface area contributed by atoms with Gasteiger partial charge in [0, 0.05) is 6.54 Å². The Labute approximate surface area is 198 Å². The number of anilines is 1. The van der Waals surface area contributed by atoms with Crippen molar-refractivity contribution >= 4 is 47.1 Å². The molecule has 174 valence electrons. The number of ether oxygens (including phenoxy) is 1. The van der Waals surface area contributed by atoms with Gasteiger partial charge in [-0.15, -0.1) is 11.3 Å². The zero-order valence-corrected chi connectivity index (χ0v) is 20.1. The van der Waals surface area contributed by atoms with Gasteiger partial charge in [-0.1, -0.05) is 82.2 Å². The maximum atomic E-state index is 12.6. The lowest BCUT2D eigenvalue weighted by Gasteiger charge is -2.15. The molecule has 0 aliphatic heterocycles. The predicted octanol–water partition coefficient (Wildman–Crippen LogP) is 5.83. The van der Waals surface area contributed by atoms with Gasteiger partial charge in [0.15, 0.2) is 0 Å². The fourth-order valence-electron chi connectivity index (χ4n) is 3.15. The first-order chi connectivity index (χ1) is 15.4. The molecular weight excluding hydrogens is 448 g/mol. The summed E-state index contributed by atoms with van der Waals surface area (Å²) in [5.74, 6) is -1.88. The number of hydrogen-bond donors (Lipinski definition) is 3. The van der Waals surface area contributed by atoms with E-state index < -0.39 is 18.0 Å². The third-order valence-corrected chi connectivity index (χ3v) is 6.71. The average molecular weight is 479 g/mol. The van der Waals surface area contributed by atoms with Crippen molar-refractivity contribution in [3.63, 3.8) is 0 Å². The van der Waals surface area contributed by atoms with Gasteiger partial charge in [0.05, 0.1) is 5.56 Å². The Kier molecular flexibility index (Phi) is 10.6. The second kappa shape index (κ2) is 13.1. The molecule has 9 heteroatoms. The summed E-state index contributed by atoms with van der Waals surface area (Å²) in [6.45, 7) is 4.23. The molecule has 2 N–H and O–H groups in total. The number of carbonyl (C=O) groups is 3. The summed E-state index contributed by atoms with van der Waals surface area (Å²) < 4.78 is 6.29. The van der Waals surface area contributed by atoms with Crippen LogP contribution in [0.3, 0.4) is 0 Å². The molecule has 0 aliphatic rings. The van der Waals surface area contributed by atoms with Crippen molar-refractivity contribution in [1.29, 1.82) is 0 Å². The number of hydrogen-bond acceptors (Lipinski definition) is 6. The molecular formula is C23H30N2O5S2. The topological polar surface area (TPSA) is 95.9 Å². The van der Waals surface area contributed by atoms with Crippen LogP contribution in [0.4, 0.5) is 9.80 Å². The van der Waals surface area contributed by atoms with E-state index in [2.05, 4.69) is 25.1 Å². The van der Waals surface area contributed by atoms with E-state index in [-0.39, 0.29) is 27.6 Å². The molecule has 1 aromatic heterocycles. The number of aromatic carboxylic acids is 1. The van der Waals surface area contributed by atoms with Crippen LogP contribution in [0.25, 0.3) is 0 Å².